The quantitative estimate of drug-likeness (QED) is 0.463. The molecule has 0 atom stereocenters. The molecule has 4 heteroatoms. The number of isocyanates is 2. The van der Waals surface area contributed by atoms with Gasteiger partial charge in [-0.1, -0.05) is 39.5 Å². The molecule has 0 spiro atoms. The van der Waals surface area contributed by atoms with Crippen molar-refractivity contribution >= 4 is 12.2 Å². The summed E-state index contributed by atoms with van der Waals surface area (Å²) in [4.78, 5) is 16.7. The highest BCUT2D eigenvalue weighted by atomic mass is 16.1. The van der Waals surface area contributed by atoms with Gasteiger partial charge in [0, 0.05) is 0 Å². The van der Waals surface area contributed by atoms with Crippen molar-refractivity contribution in [3.63, 3.8) is 0 Å². The topological polar surface area (TPSA) is 81.8 Å². The van der Waals surface area contributed by atoms with Crippen LogP contribution in [-0.4, -0.2) is 12.2 Å². The summed E-state index contributed by atoms with van der Waals surface area (Å²) < 4.78 is 0. The summed E-state index contributed by atoms with van der Waals surface area (Å²) in [5, 5.41) is 10.8. The summed E-state index contributed by atoms with van der Waals surface area (Å²) in [6.07, 6.45) is 7.39. The zero-order valence-electron chi connectivity index (χ0n) is 8.80. The van der Waals surface area contributed by atoms with Crippen LogP contribution in [-0.2, 0) is 9.59 Å². The molecule has 0 aromatic carbocycles. The average molecular weight is 198 g/mol. The van der Waals surface area contributed by atoms with Crippen molar-refractivity contribution < 1.29 is 9.59 Å². The highest BCUT2D eigenvalue weighted by molar-refractivity contribution is 5.26. The number of rotatable bonds is 0. The molecule has 4 nitrogen and oxygen atoms in total. The number of nitrogens with one attached hydrogen (secondary N) is 2. The highest BCUT2D eigenvalue weighted by Crippen LogP contribution is 2.27. The summed E-state index contributed by atoms with van der Waals surface area (Å²) in [6.45, 7) is 4.73. The molecule has 0 aromatic heterocycles. The second kappa shape index (κ2) is 11.8. The van der Waals surface area contributed by atoms with Gasteiger partial charge in [-0.3, -0.25) is 0 Å². The van der Waals surface area contributed by atoms with Gasteiger partial charge in [0.05, 0.1) is 0 Å². The Morgan fingerprint density at radius 2 is 1.00 bits per heavy atom. The molecule has 80 valence electrons. The molecule has 0 aliphatic heterocycles. The van der Waals surface area contributed by atoms with Crippen LogP contribution >= 0.6 is 0 Å². The Balaban J connectivity index is 0. The van der Waals surface area contributed by atoms with Crippen molar-refractivity contribution in [1.82, 2.24) is 0 Å². The Labute approximate surface area is 84.7 Å². The third kappa shape index (κ3) is 13.4. The lowest BCUT2D eigenvalue weighted by Crippen LogP contribution is -2.08. The lowest BCUT2D eigenvalue weighted by molar-refractivity contribution is 0.308. The first-order valence-electron chi connectivity index (χ1n) is 4.70. The lowest BCUT2D eigenvalue weighted by Gasteiger charge is -2.22. The van der Waals surface area contributed by atoms with E-state index in [1.165, 1.54) is 25.7 Å². The van der Waals surface area contributed by atoms with Crippen LogP contribution in [0.15, 0.2) is 0 Å². The van der Waals surface area contributed by atoms with Gasteiger partial charge in [-0.05, 0) is 11.8 Å². The Hall–Kier alpha value is -1.24. The first-order chi connectivity index (χ1) is 6.62. The number of hydrogen-bond donors (Lipinski definition) is 2. The molecule has 1 saturated carbocycles. The summed E-state index contributed by atoms with van der Waals surface area (Å²) in [7, 11) is 0. The molecule has 1 aliphatic carbocycles. The third-order valence-electron chi connectivity index (χ3n) is 2.30. The van der Waals surface area contributed by atoms with Crippen molar-refractivity contribution in [3.05, 3.63) is 0 Å². The van der Waals surface area contributed by atoms with Gasteiger partial charge in [0.25, 0.3) is 0 Å². The van der Waals surface area contributed by atoms with Crippen molar-refractivity contribution in [1.29, 1.82) is 10.8 Å². The summed E-state index contributed by atoms with van der Waals surface area (Å²) in [6, 6.07) is 0. The van der Waals surface area contributed by atoms with Gasteiger partial charge in [-0.25, -0.2) is 20.4 Å². The molecule has 1 aliphatic rings. The van der Waals surface area contributed by atoms with Crippen molar-refractivity contribution in [2.45, 2.75) is 39.5 Å². The summed E-state index contributed by atoms with van der Waals surface area (Å²) in [5.74, 6) is 2.04. The van der Waals surface area contributed by atoms with E-state index in [9.17, 15) is 0 Å². The highest BCUT2D eigenvalue weighted by Gasteiger charge is 2.13. The molecule has 0 radical (unpaired) electrons. The van der Waals surface area contributed by atoms with Crippen LogP contribution in [0.1, 0.15) is 39.5 Å². The Morgan fingerprint density at radius 3 is 1.14 bits per heavy atom. The Morgan fingerprint density at radius 1 is 0.857 bits per heavy atom. The van der Waals surface area contributed by atoms with Gasteiger partial charge in [0.1, 0.15) is 0 Å². The Bertz CT molecular complexity index is 162. The van der Waals surface area contributed by atoms with Gasteiger partial charge in [-0.15, -0.1) is 0 Å². The normalized spacial score (nSPS) is 23.9. The molecular weight excluding hydrogens is 180 g/mol. The minimum absolute atomic E-state index is 0.750. The molecular formula is C10H18N2O2. The van der Waals surface area contributed by atoms with Crippen LogP contribution in [0, 0.1) is 22.7 Å². The van der Waals surface area contributed by atoms with Crippen molar-refractivity contribution in [2.75, 3.05) is 0 Å². The molecule has 0 saturated heterocycles. The van der Waals surface area contributed by atoms with Crippen LogP contribution in [0.5, 0.6) is 0 Å². The largest absolute Gasteiger partial charge is 0.231 e. The van der Waals surface area contributed by atoms with E-state index in [1.807, 2.05) is 0 Å². The third-order valence-corrected chi connectivity index (χ3v) is 2.30. The van der Waals surface area contributed by atoms with E-state index in [0.29, 0.717) is 0 Å². The molecule has 0 bridgehead atoms. The standard InChI is InChI=1S/C8H16.2CHNO/c1-7-3-5-8(2)6-4-7;2*2-1-3/h7-8H,3-6H2,1-2H3;2*2H. The van der Waals surface area contributed by atoms with Gasteiger partial charge in [-0.2, -0.15) is 0 Å². The summed E-state index contributed by atoms with van der Waals surface area (Å²) >= 11 is 0. The first-order valence-corrected chi connectivity index (χ1v) is 4.70. The van der Waals surface area contributed by atoms with Crippen LogP contribution < -0.4 is 0 Å². The van der Waals surface area contributed by atoms with E-state index in [-0.39, 0.29) is 0 Å². The van der Waals surface area contributed by atoms with E-state index < -0.39 is 0 Å². The van der Waals surface area contributed by atoms with Gasteiger partial charge >= 0.3 is 0 Å². The monoisotopic (exact) mass is 198 g/mol. The predicted octanol–water partition coefficient (Wildman–Crippen LogP) is 2.63. The van der Waals surface area contributed by atoms with Crippen LogP contribution in [0.3, 0.4) is 0 Å². The Kier molecular flexibility index (Phi) is 12.8. The van der Waals surface area contributed by atoms with Gasteiger partial charge in [0.15, 0.2) is 0 Å². The molecule has 2 N–H and O–H groups in total. The number of carbonyl (C=O) groups excluding carboxylic acids is 2. The maximum absolute atomic E-state index is 8.35. The van der Waals surface area contributed by atoms with E-state index in [2.05, 4.69) is 13.8 Å². The van der Waals surface area contributed by atoms with E-state index >= 15 is 0 Å². The second-order valence-electron chi connectivity index (χ2n) is 3.57. The fourth-order valence-electron chi connectivity index (χ4n) is 1.43. The fraction of sp³-hybridized carbons (Fsp3) is 0.800. The average Bonchev–Trinajstić information content (AvgIpc) is 2.13. The minimum atomic E-state index is 0.750. The SMILES string of the molecule is CC1CCC(C)CC1.N=C=O.N=C=O. The summed E-state index contributed by atoms with van der Waals surface area (Å²) in [5.41, 5.74) is 0. The molecule has 1 rings (SSSR count). The molecule has 0 unspecified atom stereocenters. The zero-order valence-corrected chi connectivity index (χ0v) is 8.80. The predicted molar refractivity (Wildman–Crippen MR) is 53.6 cm³/mol. The van der Waals surface area contributed by atoms with Gasteiger partial charge in [0.2, 0.25) is 12.2 Å². The van der Waals surface area contributed by atoms with Crippen molar-refractivity contribution in [3.8, 4) is 0 Å². The minimum Gasteiger partial charge on any atom is -0.222 e. The molecule has 0 amide bonds. The zero-order chi connectivity index (χ0) is 11.4. The first kappa shape index (κ1) is 15.2. The van der Waals surface area contributed by atoms with Crippen LogP contribution in [0.2, 0.25) is 0 Å². The van der Waals surface area contributed by atoms with Gasteiger partial charge < -0.3 is 0 Å². The lowest BCUT2D eigenvalue weighted by atomic mass is 9.84. The van der Waals surface area contributed by atoms with E-state index in [4.69, 9.17) is 20.4 Å². The van der Waals surface area contributed by atoms with E-state index in [0.717, 1.165) is 24.0 Å². The maximum atomic E-state index is 8.35. The van der Waals surface area contributed by atoms with E-state index in [1.54, 1.807) is 0 Å². The molecule has 14 heavy (non-hydrogen) atoms. The second-order valence-corrected chi connectivity index (χ2v) is 3.57. The molecule has 0 heterocycles. The number of hydrogen-bond acceptors (Lipinski definition) is 4. The van der Waals surface area contributed by atoms with Crippen molar-refractivity contribution in [2.24, 2.45) is 11.8 Å². The fourth-order valence-corrected chi connectivity index (χ4v) is 1.43. The molecule has 1 fully saturated rings. The maximum Gasteiger partial charge on any atom is 0.231 e. The van der Waals surface area contributed by atoms with Crippen LogP contribution in [0.4, 0.5) is 0 Å². The molecule has 0 aromatic rings. The smallest absolute Gasteiger partial charge is 0.222 e. The van der Waals surface area contributed by atoms with Crippen LogP contribution in [0.25, 0.3) is 0 Å².